The van der Waals surface area contributed by atoms with Gasteiger partial charge in [-0.25, -0.2) is 0 Å². The van der Waals surface area contributed by atoms with Gasteiger partial charge in [0.15, 0.2) is 0 Å². The molecule has 0 saturated carbocycles. The lowest BCUT2D eigenvalue weighted by molar-refractivity contribution is 0.413. The summed E-state index contributed by atoms with van der Waals surface area (Å²) in [6.07, 6.45) is 1.15. The third-order valence-electron chi connectivity index (χ3n) is 1.69. The zero-order valence-electron chi connectivity index (χ0n) is 7.25. The molecule has 1 rings (SSSR count). The van der Waals surface area contributed by atoms with E-state index in [4.69, 9.17) is 0 Å². The van der Waals surface area contributed by atoms with Crippen molar-refractivity contribution in [3.05, 3.63) is 35.9 Å². The van der Waals surface area contributed by atoms with E-state index in [9.17, 15) is 0 Å². The quantitative estimate of drug-likeness (QED) is 0.665. The normalized spacial score (nSPS) is 9.58. The van der Waals surface area contributed by atoms with Crippen molar-refractivity contribution in [2.75, 3.05) is 20.6 Å². The van der Waals surface area contributed by atoms with Crippen molar-refractivity contribution < 1.29 is 0 Å². The van der Waals surface area contributed by atoms with Crippen LogP contribution >= 0.6 is 0 Å². The van der Waals surface area contributed by atoms with Crippen LogP contribution in [0.2, 0.25) is 0 Å². The summed E-state index contributed by atoms with van der Waals surface area (Å²) in [5.41, 5.74) is 1.42. The van der Waals surface area contributed by atoms with E-state index in [1.807, 2.05) is 0 Å². The van der Waals surface area contributed by atoms with Crippen molar-refractivity contribution in [2.24, 2.45) is 0 Å². The Bertz CT molecular complexity index is 191. The Balaban J connectivity index is 0.00000121. The fraction of sp³-hybridized carbons (Fsp3) is 0.455. The predicted molar refractivity (Wildman–Crippen MR) is 55.4 cm³/mol. The van der Waals surface area contributed by atoms with E-state index in [0.717, 1.165) is 13.0 Å². The maximum absolute atomic E-state index is 2.20. The first kappa shape index (κ1) is 11.2. The van der Waals surface area contributed by atoms with Gasteiger partial charge in [-0.1, -0.05) is 37.8 Å². The second kappa shape index (κ2) is 5.78. The molecule has 1 aromatic carbocycles. The molecule has 0 aliphatic heterocycles. The Labute approximate surface area is 76.0 Å². The van der Waals surface area contributed by atoms with Crippen molar-refractivity contribution in [3.8, 4) is 0 Å². The summed E-state index contributed by atoms with van der Waals surface area (Å²) in [6.45, 7) is 1.13. The summed E-state index contributed by atoms with van der Waals surface area (Å²) >= 11 is 0. The zero-order chi connectivity index (χ0) is 8.10. The van der Waals surface area contributed by atoms with Crippen LogP contribution in [0, 0.1) is 0 Å². The average molecular weight is 165 g/mol. The van der Waals surface area contributed by atoms with Crippen LogP contribution in [-0.2, 0) is 6.42 Å². The van der Waals surface area contributed by atoms with Crippen molar-refractivity contribution in [2.45, 2.75) is 13.8 Å². The van der Waals surface area contributed by atoms with E-state index in [1.54, 1.807) is 0 Å². The van der Waals surface area contributed by atoms with E-state index in [1.165, 1.54) is 5.56 Å². The van der Waals surface area contributed by atoms with Gasteiger partial charge in [0, 0.05) is 6.54 Å². The molecule has 0 radical (unpaired) electrons. The second-order valence-electron chi connectivity index (χ2n) is 3.04. The number of hydrogen-bond donors (Lipinski definition) is 0. The first-order valence-corrected chi connectivity index (χ1v) is 3.97. The third kappa shape index (κ3) is 4.14. The Kier molecular flexibility index (Phi) is 5.39. The number of likely N-dealkylation sites (N-methyl/N-ethyl adjacent to an activating group) is 1. The van der Waals surface area contributed by atoms with Gasteiger partial charge < -0.3 is 4.90 Å². The van der Waals surface area contributed by atoms with Crippen LogP contribution in [0.25, 0.3) is 0 Å². The minimum atomic E-state index is 0. The standard InChI is InChI=1S/C10H15N.CH4/c1-11(2)9-8-10-6-4-3-5-7-10;/h3-7H,8-9H2,1-2H3;1H4. The van der Waals surface area contributed by atoms with Crippen LogP contribution in [-0.4, -0.2) is 25.5 Å². The molecule has 0 atom stereocenters. The van der Waals surface area contributed by atoms with Gasteiger partial charge in [-0.15, -0.1) is 0 Å². The van der Waals surface area contributed by atoms with Gasteiger partial charge in [-0.3, -0.25) is 0 Å². The summed E-state index contributed by atoms with van der Waals surface area (Å²) in [5, 5.41) is 0. The van der Waals surface area contributed by atoms with Crippen molar-refractivity contribution >= 4 is 0 Å². The molecule has 1 heteroatoms. The van der Waals surface area contributed by atoms with Crippen LogP contribution in [0.4, 0.5) is 0 Å². The van der Waals surface area contributed by atoms with Crippen LogP contribution in [0.3, 0.4) is 0 Å². The number of hydrogen-bond acceptors (Lipinski definition) is 1. The molecule has 0 heterocycles. The van der Waals surface area contributed by atoms with Crippen molar-refractivity contribution in [3.63, 3.8) is 0 Å². The molecule has 0 saturated heterocycles. The van der Waals surface area contributed by atoms with Gasteiger partial charge in [0.05, 0.1) is 0 Å². The highest BCUT2D eigenvalue weighted by Crippen LogP contribution is 1.99. The van der Waals surface area contributed by atoms with Gasteiger partial charge in [-0.2, -0.15) is 0 Å². The first-order chi connectivity index (χ1) is 5.29. The zero-order valence-corrected chi connectivity index (χ0v) is 7.25. The largest absolute Gasteiger partial charge is 0.309 e. The molecule has 0 aromatic heterocycles. The van der Waals surface area contributed by atoms with E-state index in [2.05, 4.69) is 49.3 Å². The molecule has 12 heavy (non-hydrogen) atoms. The van der Waals surface area contributed by atoms with Crippen molar-refractivity contribution in [1.82, 2.24) is 4.90 Å². The lowest BCUT2D eigenvalue weighted by Crippen LogP contribution is -2.14. The maximum Gasteiger partial charge on any atom is 0.00157 e. The highest BCUT2D eigenvalue weighted by atomic mass is 15.0. The number of nitrogens with zero attached hydrogens (tertiary/aromatic N) is 1. The van der Waals surface area contributed by atoms with Crippen LogP contribution in [0.15, 0.2) is 30.3 Å². The van der Waals surface area contributed by atoms with Gasteiger partial charge in [0.25, 0.3) is 0 Å². The fourth-order valence-electron chi connectivity index (χ4n) is 0.997. The summed E-state index contributed by atoms with van der Waals surface area (Å²) in [6, 6.07) is 10.6. The Morgan fingerprint density at radius 3 is 2.17 bits per heavy atom. The SMILES string of the molecule is C.CN(C)CCc1ccccc1. The number of benzene rings is 1. The molecule has 0 bridgehead atoms. The summed E-state index contributed by atoms with van der Waals surface area (Å²) < 4.78 is 0. The highest BCUT2D eigenvalue weighted by molar-refractivity contribution is 5.14. The maximum atomic E-state index is 2.20. The smallest absolute Gasteiger partial charge is 0.00157 e. The molecule has 0 fully saturated rings. The average Bonchev–Trinajstić information content (AvgIpc) is 2.03. The Hall–Kier alpha value is -0.820. The minimum absolute atomic E-state index is 0. The molecule has 1 nitrogen and oxygen atoms in total. The lowest BCUT2D eigenvalue weighted by atomic mass is 10.1. The minimum Gasteiger partial charge on any atom is -0.309 e. The third-order valence-corrected chi connectivity index (χ3v) is 1.69. The summed E-state index contributed by atoms with van der Waals surface area (Å²) in [5.74, 6) is 0. The predicted octanol–water partition coefficient (Wildman–Crippen LogP) is 2.43. The van der Waals surface area contributed by atoms with Gasteiger partial charge in [-0.05, 0) is 26.1 Å². The Morgan fingerprint density at radius 2 is 1.67 bits per heavy atom. The molecule has 0 N–H and O–H groups in total. The van der Waals surface area contributed by atoms with Gasteiger partial charge in [0.2, 0.25) is 0 Å². The van der Waals surface area contributed by atoms with Gasteiger partial charge in [0.1, 0.15) is 0 Å². The number of rotatable bonds is 3. The van der Waals surface area contributed by atoms with Crippen LogP contribution < -0.4 is 0 Å². The van der Waals surface area contributed by atoms with E-state index < -0.39 is 0 Å². The Morgan fingerprint density at radius 1 is 1.08 bits per heavy atom. The monoisotopic (exact) mass is 165 g/mol. The molecule has 0 amide bonds. The van der Waals surface area contributed by atoms with Crippen LogP contribution in [0.1, 0.15) is 13.0 Å². The molecule has 0 aliphatic rings. The van der Waals surface area contributed by atoms with Crippen molar-refractivity contribution in [1.29, 1.82) is 0 Å². The molecular weight excluding hydrogens is 146 g/mol. The molecule has 68 valence electrons. The topological polar surface area (TPSA) is 3.24 Å². The first-order valence-electron chi connectivity index (χ1n) is 3.97. The lowest BCUT2D eigenvalue weighted by Gasteiger charge is -2.08. The summed E-state index contributed by atoms with van der Waals surface area (Å²) in [4.78, 5) is 2.20. The van der Waals surface area contributed by atoms with E-state index >= 15 is 0 Å². The summed E-state index contributed by atoms with van der Waals surface area (Å²) in [7, 11) is 4.20. The van der Waals surface area contributed by atoms with E-state index in [-0.39, 0.29) is 7.43 Å². The molecule has 0 unspecified atom stereocenters. The van der Waals surface area contributed by atoms with E-state index in [0.29, 0.717) is 0 Å². The molecule has 1 aromatic rings. The molecular formula is C11H19N. The molecule has 0 spiro atoms. The highest BCUT2D eigenvalue weighted by Gasteiger charge is 1.91. The molecule has 0 aliphatic carbocycles. The fourth-order valence-corrected chi connectivity index (χ4v) is 0.997. The second-order valence-corrected chi connectivity index (χ2v) is 3.04. The van der Waals surface area contributed by atoms with Crippen LogP contribution in [0.5, 0.6) is 0 Å². The van der Waals surface area contributed by atoms with Gasteiger partial charge >= 0.3 is 0 Å².